The molecule has 0 aromatic heterocycles. The number of fused-ring (bicyclic) bond motifs is 1. The molecule has 2 aromatic rings. The molecule has 0 spiro atoms. The molecule has 2 fully saturated rings. The molecule has 1 aliphatic carbocycles. The Morgan fingerprint density at radius 3 is 2.33 bits per heavy atom. The van der Waals surface area contributed by atoms with Crippen molar-refractivity contribution >= 4 is 12.1 Å². The minimum atomic E-state index is -0.834. The fourth-order valence-electron chi connectivity index (χ4n) is 4.73. The number of amides is 1. The van der Waals surface area contributed by atoms with Gasteiger partial charge in [-0.1, -0.05) is 67.1 Å². The number of likely N-dealkylation sites (tertiary alicyclic amines) is 1. The summed E-state index contributed by atoms with van der Waals surface area (Å²) in [6.45, 7) is 0.187. The van der Waals surface area contributed by atoms with Crippen LogP contribution >= 0.6 is 0 Å². The van der Waals surface area contributed by atoms with Gasteiger partial charge in [0.1, 0.15) is 6.61 Å². The zero-order chi connectivity index (χ0) is 18.8. The van der Waals surface area contributed by atoms with Gasteiger partial charge in [0.25, 0.3) is 0 Å². The first kappa shape index (κ1) is 17.6. The number of carboxylic acids is 1. The van der Waals surface area contributed by atoms with Crippen molar-refractivity contribution in [2.75, 3.05) is 0 Å². The maximum Gasteiger partial charge on any atom is 0.410 e. The lowest BCUT2D eigenvalue weighted by Crippen LogP contribution is -2.38. The molecule has 1 N–H and O–H groups in total. The van der Waals surface area contributed by atoms with Gasteiger partial charge in [-0.15, -0.1) is 0 Å². The number of nitrogens with zero attached hydrogens (tertiary/aromatic N) is 1. The first-order chi connectivity index (χ1) is 13.2. The lowest BCUT2D eigenvalue weighted by molar-refractivity contribution is -0.143. The fraction of sp³-hybridized carbons (Fsp3) is 0.364. The highest BCUT2D eigenvalue weighted by Crippen LogP contribution is 2.51. The van der Waals surface area contributed by atoms with Gasteiger partial charge in [-0.3, -0.25) is 9.69 Å². The average Bonchev–Trinajstić information content (AvgIpc) is 3.27. The standard InChI is InChI=1S/C22H23NO4/c24-21(25)19-17-12-7-13-18(17)23(20(19)16-10-5-2-6-11-16)22(26)27-14-15-8-3-1-4-9-15/h1-6,8-11,17-20H,7,12-14H2,(H,24,25)/t17-,18+,19+,20+/m0/s1. The number of rotatable bonds is 4. The maximum atomic E-state index is 13.0. The van der Waals surface area contributed by atoms with Crippen LogP contribution in [0.2, 0.25) is 0 Å². The van der Waals surface area contributed by atoms with E-state index in [0.717, 1.165) is 30.4 Å². The van der Waals surface area contributed by atoms with Crippen molar-refractivity contribution in [1.82, 2.24) is 4.90 Å². The van der Waals surface area contributed by atoms with E-state index in [1.54, 1.807) is 4.90 Å². The number of carbonyl (C=O) groups is 2. The highest BCUT2D eigenvalue weighted by molar-refractivity contribution is 5.77. The van der Waals surface area contributed by atoms with Gasteiger partial charge < -0.3 is 9.84 Å². The van der Waals surface area contributed by atoms with E-state index in [9.17, 15) is 14.7 Å². The molecule has 1 saturated heterocycles. The van der Waals surface area contributed by atoms with Crippen molar-refractivity contribution in [2.24, 2.45) is 11.8 Å². The van der Waals surface area contributed by atoms with Crippen LogP contribution < -0.4 is 0 Å². The van der Waals surface area contributed by atoms with E-state index in [1.165, 1.54) is 0 Å². The number of hydrogen-bond donors (Lipinski definition) is 1. The normalized spacial score (nSPS) is 26.6. The molecule has 5 heteroatoms. The van der Waals surface area contributed by atoms with Gasteiger partial charge in [0.05, 0.1) is 12.0 Å². The summed E-state index contributed by atoms with van der Waals surface area (Å²) in [7, 11) is 0. The van der Waals surface area contributed by atoms with E-state index in [-0.39, 0.29) is 18.6 Å². The molecule has 2 aromatic carbocycles. The summed E-state index contributed by atoms with van der Waals surface area (Å²) in [4.78, 5) is 26.8. The van der Waals surface area contributed by atoms with E-state index in [0.29, 0.717) is 0 Å². The van der Waals surface area contributed by atoms with Gasteiger partial charge in [-0.2, -0.15) is 0 Å². The van der Waals surface area contributed by atoms with E-state index < -0.39 is 24.0 Å². The van der Waals surface area contributed by atoms with Gasteiger partial charge >= 0.3 is 12.1 Å². The third kappa shape index (κ3) is 3.29. The molecule has 2 aliphatic rings. The van der Waals surface area contributed by atoms with Crippen LogP contribution in [0.5, 0.6) is 0 Å². The summed E-state index contributed by atoms with van der Waals surface area (Å²) in [6, 6.07) is 18.4. The SMILES string of the molecule is O=C(O)[C@@H]1[C@H]2CCC[C@H]2N(C(=O)OCc2ccccc2)[C@@H]1c1ccccc1. The Morgan fingerprint density at radius 2 is 1.67 bits per heavy atom. The van der Waals surface area contributed by atoms with Crippen LogP contribution in [0, 0.1) is 11.8 Å². The molecule has 5 nitrogen and oxygen atoms in total. The molecule has 4 rings (SSSR count). The fourth-order valence-corrected chi connectivity index (χ4v) is 4.73. The van der Waals surface area contributed by atoms with Crippen molar-refractivity contribution < 1.29 is 19.4 Å². The Hall–Kier alpha value is -2.82. The second-order valence-electron chi connectivity index (χ2n) is 7.33. The second kappa shape index (κ2) is 7.43. The Bertz CT molecular complexity index is 808. The van der Waals surface area contributed by atoms with Gasteiger partial charge in [0.15, 0.2) is 0 Å². The lowest BCUT2D eigenvalue weighted by atomic mass is 9.85. The number of hydrogen-bond acceptors (Lipinski definition) is 3. The largest absolute Gasteiger partial charge is 0.481 e. The zero-order valence-electron chi connectivity index (χ0n) is 15.0. The summed E-state index contributed by atoms with van der Waals surface area (Å²) >= 11 is 0. The minimum Gasteiger partial charge on any atom is -0.481 e. The number of carbonyl (C=O) groups excluding carboxylic acids is 1. The van der Waals surface area contributed by atoms with E-state index in [2.05, 4.69) is 0 Å². The maximum absolute atomic E-state index is 13.0. The number of aliphatic carboxylic acids is 1. The Kier molecular flexibility index (Phi) is 4.84. The third-order valence-corrected chi connectivity index (χ3v) is 5.83. The molecular weight excluding hydrogens is 342 g/mol. The van der Waals surface area contributed by atoms with Crippen LogP contribution in [0.25, 0.3) is 0 Å². The predicted octanol–water partition coefficient (Wildman–Crippen LogP) is 4.25. The quantitative estimate of drug-likeness (QED) is 0.880. The van der Waals surface area contributed by atoms with E-state index in [4.69, 9.17) is 4.74 Å². The first-order valence-corrected chi connectivity index (χ1v) is 9.43. The third-order valence-electron chi connectivity index (χ3n) is 5.83. The summed E-state index contributed by atoms with van der Waals surface area (Å²) in [5, 5.41) is 9.92. The molecule has 4 atom stereocenters. The van der Waals surface area contributed by atoms with E-state index in [1.807, 2.05) is 60.7 Å². The van der Waals surface area contributed by atoms with Gasteiger partial charge in [0, 0.05) is 6.04 Å². The van der Waals surface area contributed by atoms with Crippen LogP contribution in [0.4, 0.5) is 4.79 Å². The lowest BCUT2D eigenvalue weighted by Gasteiger charge is -2.30. The van der Waals surface area contributed by atoms with Gasteiger partial charge in [-0.25, -0.2) is 4.79 Å². The van der Waals surface area contributed by atoms with Crippen LogP contribution in [-0.2, 0) is 16.1 Å². The Morgan fingerprint density at radius 1 is 1.00 bits per heavy atom. The van der Waals surface area contributed by atoms with Crippen molar-refractivity contribution in [3.05, 3.63) is 71.8 Å². The summed E-state index contributed by atoms with van der Waals surface area (Å²) in [5.41, 5.74) is 1.77. The second-order valence-corrected chi connectivity index (χ2v) is 7.33. The molecule has 0 unspecified atom stereocenters. The number of carboxylic acid groups (broad SMARTS) is 1. The van der Waals surface area contributed by atoms with Crippen LogP contribution in [0.1, 0.15) is 36.4 Å². The topological polar surface area (TPSA) is 66.8 Å². The van der Waals surface area contributed by atoms with Crippen molar-refractivity contribution in [2.45, 2.75) is 38.0 Å². The van der Waals surface area contributed by atoms with Crippen LogP contribution in [0.3, 0.4) is 0 Å². The van der Waals surface area contributed by atoms with Crippen molar-refractivity contribution in [1.29, 1.82) is 0 Å². The van der Waals surface area contributed by atoms with E-state index >= 15 is 0 Å². The van der Waals surface area contributed by atoms with Gasteiger partial charge in [0.2, 0.25) is 0 Å². The molecule has 27 heavy (non-hydrogen) atoms. The summed E-state index contributed by atoms with van der Waals surface area (Å²) in [5.74, 6) is -1.44. The van der Waals surface area contributed by atoms with Crippen molar-refractivity contribution in [3.8, 4) is 0 Å². The zero-order valence-corrected chi connectivity index (χ0v) is 15.0. The molecule has 1 aliphatic heterocycles. The van der Waals surface area contributed by atoms with Crippen LogP contribution in [0.15, 0.2) is 60.7 Å². The highest BCUT2D eigenvalue weighted by atomic mass is 16.6. The molecule has 0 bridgehead atoms. The average molecular weight is 365 g/mol. The summed E-state index contributed by atoms with van der Waals surface area (Å²) < 4.78 is 5.59. The summed E-state index contributed by atoms with van der Waals surface area (Å²) in [6.07, 6.45) is 2.20. The molecule has 1 amide bonds. The first-order valence-electron chi connectivity index (χ1n) is 9.43. The molecular formula is C22H23NO4. The van der Waals surface area contributed by atoms with Crippen molar-refractivity contribution in [3.63, 3.8) is 0 Å². The molecule has 140 valence electrons. The molecule has 1 saturated carbocycles. The molecule has 1 heterocycles. The monoisotopic (exact) mass is 365 g/mol. The Balaban J connectivity index is 1.63. The predicted molar refractivity (Wildman–Crippen MR) is 99.9 cm³/mol. The minimum absolute atomic E-state index is 0.0167. The number of benzene rings is 2. The van der Waals surface area contributed by atoms with Gasteiger partial charge in [-0.05, 0) is 29.9 Å². The number of ether oxygens (including phenoxy) is 1. The smallest absolute Gasteiger partial charge is 0.410 e. The van der Waals surface area contributed by atoms with Crippen LogP contribution in [-0.4, -0.2) is 28.1 Å². The Labute approximate surface area is 158 Å². The molecule has 0 radical (unpaired) electrons. The highest BCUT2D eigenvalue weighted by Gasteiger charge is 2.56.